The second-order valence-electron chi connectivity index (χ2n) is 4.34. The molecule has 1 aliphatic heterocycles. The highest BCUT2D eigenvalue weighted by Gasteiger charge is 2.20. The lowest BCUT2D eigenvalue weighted by Crippen LogP contribution is -2.29. The minimum atomic E-state index is 0. The molecule has 1 aromatic rings. The molecule has 0 radical (unpaired) electrons. The Balaban J connectivity index is 0.00000128. The van der Waals surface area contributed by atoms with Crippen molar-refractivity contribution in [3.63, 3.8) is 0 Å². The molecule has 0 amide bonds. The molecule has 2 heterocycles. The molecule has 3 nitrogen and oxygen atoms in total. The highest BCUT2D eigenvalue weighted by molar-refractivity contribution is 5.85. The maximum absolute atomic E-state index is 4.43. The van der Waals surface area contributed by atoms with Gasteiger partial charge in [0.05, 0.1) is 5.69 Å². The lowest BCUT2D eigenvalue weighted by atomic mass is 10.2. The van der Waals surface area contributed by atoms with E-state index in [0.717, 1.165) is 13.1 Å². The number of likely N-dealkylation sites (tertiary alicyclic amines) is 1. The van der Waals surface area contributed by atoms with Crippen LogP contribution < -0.4 is 5.32 Å². The molecule has 1 atom stereocenters. The molecule has 0 aliphatic carbocycles. The van der Waals surface area contributed by atoms with E-state index in [1.54, 1.807) is 0 Å². The molecule has 2 rings (SSSR count). The van der Waals surface area contributed by atoms with Gasteiger partial charge in [-0.05, 0) is 32.0 Å². The lowest BCUT2D eigenvalue weighted by molar-refractivity contribution is 0.318. The van der Waals surface area contributed by atoms with Crippen molar-refractivity contribution in [2.45, 2.75) is 25.9 Å². The Kier molecular flexibility index (Phi) is 5.19. The van der Waals surface area contributed by atoms with E-state index >= 15 is 0 Å². The Morgan fingerprint density at radius 2 is 2.31 bits per heavy atom. The summed E-state index contributed by atoms with van der Waals surface area (Å²) >= 11 is 0. The van der Waals surface area contributed by atoms with Crippen molar-refractivity contribution in [2.75, 3.05) is 20.1 Å². The van der Waals surface area contributed by atoms with Gasteiger partial charge >= 0.3 is 0 Å². The van der Waals surface area contributed by atoms with Crippen molar-refractivity contribution in [3.05, 3.63) is 29.6 Å². The zero-order chi connectivity index (χ0) is 10.7. The van der Waals surface area contributed by atoms with Gasteiger partial charge in [0, 0.05) is 31.9 Å². The van der Waals surface area contributed by atoms with E-state index in [1.165, 1.54) is 24.2 Å². The van der Waals surface area contributed by atoms with Crippen LogP contribution in [0.2, 0.25) is 0 Å². The van der Waals surface area contributed by atoms with Crippen LogP contribution in [0.5, 0.6) is 0 Å². The van der Waals surface area contributed by atoms with E-state index in [-0.39, 0.29) is 12.4 Å². The lowest BCUT2D eigenvalue weighted by Gasteiger charge is -2.15. The minimum Gasteiger partial charge on any atom is -0.316 e. The number of likely N-dealkylation sites (N-methyl/N-ethyl adjacent to an activating group) is 1. The minimum absolute atomic E-state index is 0. The van der Waals surface area contributed by atoms with Gasteiger partial charge in [-0.1, -0.05) is 6.07 Å². The maximum Gasteiger partial charge on any atom is 0.0544 e. The molecule has 0 spiro atoms. The second-order valence-corrected chi connectivity index (χ2v) is 4.34. The number of halogens is 1. The van der Waals surface area contributed by atoms with Crippen molar-refractivity contribution < 1.29 is 0 Å². The fraction of sp³-hybridized carbons (Fsp3) is 0.583. The van der Waals surface area contributed by atoms with E-state index in [9.17, 15) is 0 Å². The summed E-state index contributed by atoms with van der Waals surface area (Å²) in [6.45, 7) is 5.38. The van der Waals surface area contributed by atoms with Gasteiger partial charge in [-0.3, -0.25) is 9.88 Å². The molecule has 16 heavy (non-hydrogen) atoms. The van der Waals surface area contributed by atoms with E-state index in [1.807, 2.05) is 13.2 Å². The first kappa shape index (κ1) is 13.4. The molecule has 0 bridgehead atoms. The first-order valence-electron chi connectivity index (χ1n) is 5.59. The molecule has 0 aromatic carbocycles. The molecule has 1 N–H and O–H groups in total. The van der Waals surface area contributed by atoms with Crippen molar-refractivity contribution >= 4 is 12.4 Å². The number of hydrogen-bond acceptors (Lipinski definition) is 3. The normalized spacial score (nSPS) is 20.8. The summed E-state index contributed by atoms with van der Waals surface area (Å²) in [7, 11) is 2.04. The van der Waals surface area contributed by atoms with Gasteiger partial charge in [0.15, 0.2) is 0 Å². The van der Waals surface area contributed by atoms with Gasteiger partial charge in [-0.15, -0.1) is 12.4 Å². The Hall–Kier alpha value is -0.640. The Bertz CT molecular complexity index is 313. The van der Waals surface area contributed by atoms with E-state index in [0.29, 0.717) is 6.04 Å². The molecule has 0 saturated carbocycles. The van der Waals surface area contributed by atoms with Crippen LogP contribution in [-0.4, -0.2) is 36.1 Å². The third-order valence-electron chi connectivity index (χ3n) is 3.04. The third-order valence-corrected chi connectivity index (χ3v) is 3.04. The average Bonchev–Trinajstić information content (AvgIpc) is 2.69. The predicted octanol–water partition coefficient (Wildman–Crippen LogP) is 1.61. The Labute approximate surface area is 104 Å². The summed E-state index contributed by atoms with van der Waals surface area (Å²) in [5.74, 6) is 0. The van der Waals surface area contributed by atoms with Crippen LogP contribution in [0.1, 0.15) is 17.7 Å². The number of pyridine rings is 1. The van der Waals surface area contributed by atoms with Gasteiger partial charge in [0.2, 0.25) is 0 Å². The first-order chi connectivity index (χ1) is 7.28. The Morgan fingerprint density at radius 3 is 2.88 bits per heavy atom. The topological polar surface area (TPSA) is 28.2 Å². The summed E-state index contributed by atoms with van der Waals surface area (Å²) in [5, 5.41) is 3.33. The smallest absolute Gasteiger partial charge is 0.0544 e. The number of aromatic nitrogens is 1. The third kappa shape index (κ3) is 3.44. The summed E-state index contributed by atoms with van der Waals surface area (Å²) in [6.07, 6.45) is 3.20. The SMILES string of the molecule is CNC1CCN(Cc2ccc(C)cn2)C1.Cl. The standard InChI is InChI=1S/C12H19N3.ClH/c1-10-3-4-12(14-7-10)9-15-6-5-11(8-15)13-2;/h3-4,7,11,13H,5-6,8-9H2,1-2H3;1H. The van der Waals surface area contributed by atoms with Crippen LogP contribution in [0.4, 0.5) is 0 Å². The van der Waals surface area contributed by atoms with Gasteiger partial charge in [0.25, 0.3) is 0 Å². The molecule has 1 unspecified atom stereocenters. The zero-order valence-corrected chi connectivity index (χ0v) is 10.8. The van der Waals surface area contributed by atoms with Crippen LogP contribution in [0, 0.1) is 6.92 Å². The van der Waals surface area contributed by atoms with Crippen LogP contribution >= 0.6 is 12.4 Å². The van der Waals surface area contributed by atoms with Crippen molar-refractivity contribution in [2.24, 2.45) is 0 Å². The quantitative estimate of drug-likeness (QED) is 0.872. The van der Waals surface area contributed by atoms with Crippen LogP contribution in [0.25, 0.3) is 0 Å². The number of nitrogens with zero attached hydrogens (tertiary/aromatic N) is 2. The van der Waals surface area contributed by atoms with Gasteiger partial charge in [-0.25, -0.2) is 0 Å². The number of aryl methyl sites for hydroxylation is 1. The fourth-order valence-corrected chi connectivity index (χ4v) is 2.03. The molecule has 1 saturated heterocycles. The van der Waals surface area contributed by atoms with Crippen molar-refractivity contribution in [1.29, 1.82) is 0 Å². The fourth-order valence-electron chi connectivity index (χ4n) is 2.03. The number of nitrogens with one attached hydrogen (secondary N) is 1. The van der Waals surface area contributed by atoms with E-state index in [4.69, 9.17) is 0 Å². The van der Waals surface area contributed by atoms with E-state index in [2.05, 4.69) is 34.3 Å². The summed E-state index contributed by atoms with van der Waals surface area (Å²) in [5.41, 5.74) is 2.41. The first-order valence-corrected chi connectivity index (χ1v) is 5.59. The average molecular weight is 242 g/mol. The van der Waals surface area contributed by atoms with Crippen LogP contribution in [0.15, 0.2) is 18.3 Å². The molecule has 1 aromatic heterocycles. The largest absolute Gasteiger partial charge is 0.316 e. The van der Waals surface area contributed by atoms with Crippen LogP contribution in [-0.2, 0) is 6.54 Å². The maximum atomic E-state index is 4.43. The summed E-state index contributed by atoms with van der Waals surface area (Å²) in [6, 6.07) is 4.92. The number of rotatable bonds is 3. The van der Waals surface area contributed by atoms with Crippen LogP contribution in [0.3, 0.4) is 0 Å². The van der Waals surface area contributed by atoms with Crippen molar-refractivity contribution in [3.8, 4) is 0 Å². The van der Waals surface area contributed by atoms with Gasteiger partial charge in [-0.2, -0.15) is 0 Å². The molecule has 90 valence electrons. The molecule has 1 aliphatic rings. The number of hydrogen-bond donors (Lipinski definition) is 1. The highest BCUT2D eigenvalue weighted by Crippen LogP contribution is 2.12. The van der Waals surface area contributed by atoms with Gasteiger partial charge in [0.1, 0.15) is 0 Å². The Morgan fingerprint density at radius 1 is 1.50 bits per heavy atom. The molecule has 1 fully saturated rings. The molecular weight excluding hydrogens is 222 g/mol. The predicted molar refractivity (Wildman–Crippen MR) is 69.0 cm³/mol. The van der Waals surface area contributed by atoms with E-state index < -0.39 is 0 Å². The summed E-state index contributed by atoms with van der Waals surface area (Å²) < 4.78 is 0. The highest BCUT2D eigenvalue weighted by atomic mass is 35.5. The second kappa shape index (κ2) is 6.18. The molecular formula is C12H20ClN3. The zero-order valence-electron chi connectivity index (χ0n) is 9.94. The monoisotopic (exact) mass is 241 g/mol. The summed E-state index contributed by atoms with van der Waals surface area (Å²) in [4.78, 5) is 6.89. The van der Waals surface area contributed by atoms with Crippen molar-refractivity contribution in [1.82, 2.24) is 15.2 Å². The molecule has 4 heteroatoms. The van der Waals surface area contributed by atoms with Gasteiger partial charge < -0.3 is 5.32 Å².